The zero-order chi connectivity index (χ0) is 12.1. The van der Waals surface area contributed by atoms with Gasteiger partial charge in [-0.05, 0) is 46.4 Å². The molecule has 0 saturated carbocycles. The molecule has 0 amide bonds. The monoisotopic (exact) mass is 339 g/mol. The van der Waals surface area contributed by atoms with Gasteiger partial charge in [-0.2, -0.15) is 0 Å². The van der Waals surface area contributed by atoms with Gasteiger partial charge in [-0.25, -0.2) is 0 Å². The van der Waals surface area contributed by atoms with E-state index in [1.165, 1.54) is 3.57 Å². The topological polar surface area (TPSA) is 35.2 Å². The van der Waals surface area contributed by atoms with E-state index in [1.807, 2.05) is 24.3 Å². The van der Waals surface area contributed by atoms with E-state index in [0.717, 1.165) is 16.9 Å². The number of nitrogens with two attached hydrogens (primary N) is 1. The highest BCUT2D eigenvalue weighted by Gasteiger charge is 2.01. The first-order chi connectivity index (χ1) is 8.29. The minimum Gasteiger partial charge on any atom is -0.489 e. The molecule has 0 radical (unpaired) electrons. The van der Waals surface area contributed by atoms with Gasteiger partial charge >= 0.3 is 0 Å². The maximum absolute atomic E-state index is 5.77. The fraction of sp³-hybridized carbons (Fsp3) is 0.143. The fourth-order valence-corrected chi connectivity index (χ4v) is 1.91. The second-order valence-corrected chi connectivity index (χ2v) is 4.97. The molecule has 2 aromatic carbocycles. The largest absolute Gasteiger partial charge is 0.489 e. The van der Waals surface area contributed by atoms with Crippen molar-refractivity contribution in [2.45, 2.75) is 13.2 Å². The van der Waals surface area contributed by atoms with E-state index in [1.54, 1.807) is 0 Å². The average Bonchev–Trinajstić information content (AvgIpc) is 2.38. The zero-order valence-corrected chi connectivity index (χ0v) is 11.6. The highest BCUT2D eigenvalue weighted by atomic mass is 127. The van der Waals surface area contributed by atoms with E-state index in [-0.39, 0.29) is 0 Å². The van der Waals surface area contributed by atoms with Crippen molar-refractivity contribution in [2.75, 3.05) is 0 Å². The second-order valence-electron chi connectivity index (χ2n) is 3.73. The Kier molecular flexibility index (Phi) is 4.39. The van der Waals surface area contributed by atoms with E-state index in [4.69, 9.17) is 10.5 Å². The lowest BCUT2D eigenvalue weighted by Crippen LogP contribution is -2.02. The molecule has 2 rings (SSSR count). The number of rotatable bonds is 4. The van der Waals surface area contributed by atoms with Gasteiger partial charge in [-0.1, -0.05) is 30.3 Å². The Morgan fingerprint density at radius 1 is 1.00 bits per heavy atom. The molecule has 0 aromatic heterocycles. The van der Waals surface area contributed by atoms with Crippen LogP contribution in [0.5, 0.6) is 5.75 Å². The Hall–Kier alpha value is -1.07. The Labute approximate surface area is 115 Å². The zero-order valence-electron chi connectivity index (χ0n) is 9.40. The van der Waals surface area contributed by atoms with Crippen molar-refractivity contribution < 1.29 is 4.74 Å². The molecular formula is C14H14INO. The minimum absolute atomic E-state index is 0.503. The van der Waals surface area contributed by atoms with Gasteiger partial charge in [0.2, 0.25) is 0 Å². The molecule has 2 aromatic rings. The van der Waals surface area contributed by atoms with Crippen LogP contribution in [0.3, 0.4) is 0 Å². The summed E-state index contributed by atoms with van der Waals surface area (Å²) in [5, 5.41) is 0. The lowest BCUT2D eigenvalue weighted by molar-refractivity contribution is 0.303. The van der Waals surface area contributed by atoms with Crippen LogP contribution >= 0.6 is 22.6 Å². The molecule has 0 saturated heterocycles. The molecule has 17 heavy (non-hydrogen) atoms. The lowest BCUT2D eigenvalue weighted by Gasteiger charge is -2.10. The predicted molar refractivity (Wildman–Crippen MR) is 77.8 cm³/mol. The van der Waals surface area contributed by atoms with Crippen LogP contribution in [0.4, 0.5) is 0 Å². The molecule has 0 atom stereocenters. The normalized spacial score (nSPS) is 10.2. The molecule has 2 N–H and O–H groups in total. The maximum atomic E-state index is 5.77. The standard InChI is InChI=1S/C14H14INO/c15-13-7-5-11(6-8-13)10-17-14-4-2-1-3-12(14)9-16/h1-8H,9-10,16H2. The van der Waals surface area contributed by atoms with E-state index >= 15 is 0 Å². The van der Waals surface area contributed by atoms with Gasteiger partial charge in [0, 0.05) is 15.7 Å². The first kappa shape index (κ1) is 12.4. The van der Waals surface area contributed by atoms with Gasteiger partial charge in [0.15, 0.2) is 0 Å². The van der Waals surface area contributed by atoms with Crippen molar-refractivity contribution in [1.82, 2.24) is 0 Å². The highest BCUT2D eigenvalue weighted by Crippen LogP contribution is 2.18. The van der Waals surface area contributed by atoms with E-state index in [0.29, 0.717) is 13.2 Å². The lowest BCUT2D eigenvalue weighted by atomic mass is 10.2. The molecule has 3 heteroatoms. The molecule has 0 aliphatic heterocycles. The number of ether oxygens (including phenoxy) is 1. The van der Waals surface area contributed by atoms with Gasteiger partial charge in [0.25, 0.3) is 0 Å². The summed E-state index contributed by atoms with van der Waals surface area (Å²) in [5.74, 6) is 0.869. The van der Waals surface area contributed by atoms with Crippen LogP contribution in [0.25, 0.3) is 0 Å². The molecule has 0 fully saturated rings. The van der Waals surface area contributed by atoms with Crippen LogP contribution in [0.1, 0.15) is 11.1 Å². The Morgan fingerprint density at radius 2 is 1.71 bits per heavy atom. The van der Waals surface area contributed by atoms with Crippen LogP contribution in [-0.4, -0.2) is 0 Å². The number of para-hydroxylation sites is 1. The smallest absolute Gasteiger partial charge is 0.124 e. The highest BCUT2D eigenvalue weighted by molar-refractivity contribution is 14.1. The quantitative estimate of drug-likeness (QED) is 0.868. The number of hydrogen-bond acceptors (Lipinski definition) is 2. The third kappa shape index (κ3) is 3.44. The SMILES string of the molecule is NCc1ccccc1OCc1ccc(I)cc1. The number of halogens is 1. The van der Waals surface area contributed by atoms with Gasteiger partial charge in [0.1, 0.15) is 12.4 Å². The molecule has 0 unspecified atom stereocenters. The van der Waals surface area contributed by atoms with Gasteiger partial charge < -0.3 is 10.5 Å². The third-order valence-corrected chi connectivity index (χ3v) is 3.22. The molecule has 88 valence electrons. The predicted octanol–water partition coefficient (Wildman–Crippen LogP) is 3.33. The third-order valence-electron chi connectivity index (χ3n) is 2.50. The molecule has 0 spiro atoms. The van der Waals surface area contributed by atoms with Crippen LogP contribution in [-0.2, 0) is 13.2 Å². The maximum Gasteiger partial charge on any atom is 0.124 e. The van der Waals surface area contributed by atoms with Crippen LogP contribution in [0, 0.1) is 3.57 Å². The molecule has 0 heterocycles. The van der Waals surface area contributed by atoms with Crippen molar-refractivity contribution >= 4 is 22.6 Å². The van der Waals surface area contributed by atoms with Crippen LogP contribution in [0.2, 0.25) is 0 Å². The summed E-state index contributed by atoms with van der Waals surface area (Å²) in [6.45, 7) is 1.08. The average molecular weight is 339 g/mol. The van der Waals surface area contributed by atoms with Crippen LogP contribution < -0.4 is 10.5 Å². The molecular weight excluding hydrogens is 325 g/mol. The summed E-state index contributed by atoms with van der Waals surface area (Å²) in [5.41, 5.74) is 7.86. The summed E-state index contributed by atoms with van der Waals surface area (Å²) in [7, 11) is 0. The van der Waals surface area contributed by atoms with Crippen molar-refractivity contribution in [3.05, 3.63) is 63.2 Å². The summed E-state index contributed by atoms with van der Waals surface area (Å²) >= 11 is 2.29. The Morgan fingerprint density at radius 3 is 2.41 bits per heavy atom. The summed E-state index contributed by atoms with van der Waals surface area (Å²) in [6.07, 6.45) is 0. The first-order valence-corrected chi connectivity index (χ1v) is 6.52. The van der Waals surface area contributed by atoms with Crippen molar-refractivity contribution in [3.63, 3.8) is 0 Å². The fourth-order valence-electron chi connectivity index (χ4n) is 1.55. The van der Waals surface area contributed by atoms with Crippen molar-refractivity contribution in [2.24, 2.45) is 5.73 Å². The van der Waals surface area contributed by atoms with Gasteiger partial charge in [-0.15, -0.1) is 0 Å². The summed E-state index contributed by atoms with van der Waals surface area (Å²) in [6, 6.07) is 16.2. The Bertz CT molecular complexity index is 482. The molecule has 0 bridgehead atoms. The van der Waals surface area contributed by atoms with E-state index < -0.39 is 0 Å². The minimum atomic E-state index is 0.503. The van der Waals surface area contributed by atoms with Crippen molar-refractivity contribution in [3.8, 4) is 5.75 Å². The van der Waals surface area contributed by atoms with E-state index in [9.17, 15) is 0 Å². The van der Waals surface area contributed by atoms with Crippen LogP contribution in [0.15, 0.2) is 48.5 Å². The molecule has 2 nitrogen and oxygen atoms in total. The Balaban J connectivity index is 2.04. The molecule has 0 aliphatic carbocycles. The first-order valence-electron chi connectivity index (χ1n) is 5.45. The summed E-state index contributed by atoms with van der Waals surface area (Å²) < 4.78 is 7.00. The second kappa shape index (κ2) is 6.02. The van der Waals surface area contributed by atoms with E-state index in [2.05, 4.69) is 46.9 Å². The van der Waals surface area contributed by atoms with Crippen molar-refractivity contribution in [1.29, 1.82) is 0 Å². The van der Waals surface area contributed by atoms with Gasteiger partial charge in [-0.3, -0.25) is 0 Å². The number of benzene rings is 2. The van der Waals surface area contributed by atoms with Gasteiger partial charge in [0.05, 0.1) is 0 Å². The molecule has 0 aliphatic rings. The summed E-state index contributed by atoms with van der Waals surface area (Å²) in [4.78, 5) is 0. The number of hydrogen-bond donors (Lipinski definition) is 1.